The van der Waals surface area contributed by atoms with Gasteiger partial charge < -0.3 is 0 Å². The average Bonchev–Trinajstić information content (AvgIpc) is 1.77. The third-order valence-electron chi connectivity index (χ3n) is 0.900. The van der Waals surface area contributed by atoms with E-state index < -0.39 is 0 Å². The van der Waals surface area contributed by atoms with Gasteiger partial charge in [-0.15, -0.1) is 0 Å². The van der Waals surface area contributed by atoms with Crippen LogP contribution in [0.2, 0.25) is 0 Å². The zero-order chi connectivity index (χ0) is 5.98. The molecule has 1 rings (SSSR count). The number of aromatic nitrogens is 1. The minimum atomic E-state index is 0. The van der Waals surface area contributed by atoms with Gasteiger partial charge in [-0.05, 0) is 0 Å². The first-order chi connectivity index (χ1) is 3.80. The van der Waals surface area contributed by atoms with Gasteiger partial charge in [0, 0.05) is 29.6 Å². The molecule has 0 aliphatic heterocycles. The van der Waals surface area contributed by atoms with Gasteiger partial charge in [-0.2, -0.15) is 0 Å². The Hall–Kier alpha value is 0.885. The molecule has 9 heavy (non-hydrogen) atoms. The van der Waals surface area contributed by atoms with E-state index in [2.05, 4.69) is 4.98 Å². The molecule has 0 amide bonds. The molecule has 0 atom stereocenters. The third-order valence-corrected chi connectivity index (χ3v) is 3.06. The van der Waals surface area contributed by atoms with Gasteiger partial charge in [0.25, 0.3) is 0 Å². The van der Waals surface area contributed by atoms with Crippen molar-refractivity contribution < 1.29 is 26.1 Å². The van der Waals surface area contributed by atoms with Crippen molar-refractivity contribution in [1.82, 2.24) is 4.98 Å². The molecule has 38 valence electrons. The SMILES string of the molecule is O=c1[nH]ccc[c]1[Hg].[Na]. The number of rotatable bonds is 0. The summed E-state index contributed by atoms with van der Waals surface area (Å²) in [5.41, 5.74) is 0.0795. The molecule has 0 unspecified atom stereocenters. The molecule has 2 nitrogen and oxygen atoms in total. The van der Waals surface area contributed by atoms with E-state index in [9.17, 15) is 4.79 Å². The van der Waals surface area contributed by atoms with Gasteiger partial charge in [-0.25, -0.2) is 0 Å². The van der Waals surface area contributed by atoms with Crippen molar-refractivity contribution in [3.8, 4) is 0 Å². The maximum absolute atomic E-state index is 10.6. The maximum Gasteiger partial charge on any atom is 0 e. The molecule has 0 aliphatic carbocycles. The first-order valence-corrected chi connectivity index (χ1v) is 5.05. The van der Waals surface area contributed by atoms with Crippen LogP contribution in [0, 0.1) is 0 Å². The molecule has 4 heteroatoms. The topological polar surface area (TPSA) is 32.9 Å². The minimum absolute atomic E-state index is 0. The van der Waals surface area contributed by atoms with Gasteiger partial charge in [0.05, 0.1) is 0 Å². The summed E-state index contributed by atoms with van der Waals surface area (Å²) >= 11 is 0.455. The summed E-state index contributed by atoms with van der Waals surface area (Å²) in [4.78, 5) is 13.2. The van der Waals surface area contributed by atoms with Gasteiger partial charge in [-0.1, -0.05) is 0 Å². The molecular formula is C5H4HgNNaO. The Labute approximate surface area is 91.3 Å². The Morgan fingerprint density at radius 3 is 2.56 bits per heavy atom. The fourth-order valence-corrected chi connectivity index (χ4v) is 1.38. The van der Waals surface area contributed by atoms with Crippen LogP contribution < -0.4 is 8.63 Å². The molecule has 0 spiro atoms. The van der Waals surface area contributed by atoms with Gasteiger partial charge in [0.1, 0.15) is 0 Å². The van der Waals surface area contributed by atoms with Crippen molar-refractivity contribution in [2.24, 2.45) is 0 Å². The second-order valence-corrected chi connectivity index (χ2v) is 4.49. The minimum Gasteiger partial charge on any atom is 0 e. The smallest absolute Gasteiger partial charge is 0 e. The van der Waals surface area contributed by atoms with Crippen LogP contribution in [0.4, 0.5) is 0 Å². The van der Waals surface area contributed by atoms with Crippen LogP contribution in [0.5, 0.6) is 0 Å². The Bertz CT molecular complexity index is 234. The van der Waals surface area contributed by atoms with Crippen LogP contribution in [0.1, 0.15) is 0 Å². The number of aromatic amines is 1. The van der Waals surface area contributed by atoms with E-state index in [1.807, 2.05) is 12.1 Å². The van der Waals surface area contributed by atoms with Crippen LogP contribution >= 0.6 is 0 Å². The van der Waals surface area contributed by atoms with Crippen LogP contribution in [-0.2, 0) is 26.1 Å². The first kappa shape index (κ1) is 9.89. The number of H-pyrrole nitrogens is 1. The molecule has 0 bridgehead atoms. The third kappa shape index (κ3) is 2.98. The van der Waals surface area contributed by atoms with Gasteiger partial charge in [0.15, 0.2) is 0 Å². The molecule has 1 N–H and O–H groups in total. The molecule has 1 radical (unpaired) electrons. The van der Waals surface area contributed by atoms with E-state index in [0.29, 0.717) is 26.1 Å². The molecule has 1 aromatic rings. The van der Waals surface area contributed by atoms with Gasteiger partial charge in [-0.3, -0.25) is 0 Å². The number of hydrogen-bond acceptors (Lipinski definition) is 1. The average molecular weight is 318 g/mol. The normalized spacial score (nSPS) is 8.22. The van der Waals surface area contributed by atoms with E-state index in [4.69, 9.17) is 0 Å². The molecule has 0 aliphatic rings. The van der Waals surface area contributed by atoms with Crippen molar-refractivity contribution in [3.05, 3.63) is 28.7 Å². The predicted molar refractivity (Wildman–Crippen MR) is 32.5 cm³/mol. The molecule has 0 fully saturated rings. The van der Waals surface area contributed by atoms with Crippen LogP contribution in [-0.4, -0.2) is 34.5 Å². The quantitative estimate of drug-likeness (QED) is 0.622. The van der Waals surface area contributed by atoms with Crippen LogP contribution in [0.25, 0.3) is 0 Å². The van der Waals surface area contributed by atoms with Gasteiger partial charge in [0.2, 0.25) is 0 Å². The molecule has 1 aromatic heterocycles. The second kappa shape index (κ2) is 4.66. The fourth-order valence-electron chi connectivity index (χ4n) is 0.456. The Morgan fingerprint density at radius 1 is 1.56 bits per heavy atom. The Morgan fingerprint density at radius 2 is 2.22 bits per heavy atom. The summed E-state index contributed by atoms with van der Waals surface area (Å²) in [6.45, 7) is 0. The molecule has 1 heterocycles. The Kier molecular flexibility index (Phi) is 5.12. The van der Waals surface area contributed by atoms with E-state index in [1.54, 1.807) is 6.20 Å². The largest absolute Gasteiger partial charge is 0 e. The van der Waals surface area contributed by atoms with Crippen molar-refractivity contribution in [1.29, 1.82) is 0 Å². The number of hydrogen-bond donors (Lipinski definition) is 1. The number of nitrogens with one attached hydrogen (secondary N) is 1. The fraction of sp³-hybridized carbons (Fsp3) is 0. The van der Waals surface area contributed by atoms with E-state index in [-0.39, 0.29) is 35.1 Å². The Balaban J connectivity index is 0.000000640. The van der Waals surface area contributed by atoms with Crippen molar-refractivity contribution in [2.45, 2.75) is 0 Å². The maximum atomic E-state index is 10.6. The summed E-state index contributed by atoms with van der Waals surface area (Å²) in [5, 5.41) is 0. The van der Waals surface area contributed by atoms with E-state index in [1.165, 1.54) is 0 Å². The van der Waals surface area contributed by atoms with Crippen molar-refractivity contribution in [3.63, 3.8) is 0 Å². The zero-order valence-electron chi connectivity index (χ0n) is 5.35. The van der Waals surface area contributed by atoms with Crippen LogP contribution in [0.15, 0.2) is 23.1 Å². The zero-order valence-corrected chi connectivity index (χ0v) is 12.8. The van der Waals surface area contributed by atoms with E-state index in [0.717, 1.165) is 3.07 Å². The summed E-state index contributed by atoms with van der Waals surface area (Å²) in [5.74, 6) is 0. The summed E-state index contributed by atoms with van der Waals surface area (Å²) in [7, 11) is 0. The van der Waals surface area contributed by atoms with Gasteiger partial charge >= 0.3 is 62.9 Å². The predicted octanol–water partition coefficient (Wildman–Crippen LogP) is -0.834. The van der Waals surface area contributed by atoms with Crippen molar-refractivity contribution in [2.75, 3.05) is 0 Å². The van der Waals surface area contributed by atoms with Crippen LogP contribution in [0.3, 0.4) is 0 Å². The second-order valence-electron chi connectivity index (χ2n) is 1.52. The monoisotopic (exact) mass is 319 g/mol. The number of pyridine rings is 1. The molecule has 0 saturated carbocycles. The molecule has 0 saturated heterocycles. The van der Waals surface area contributed by atoms with E-state index >= 15 is 0 Å². The summed E-state index contributed by atoms with van der Waals surface area (Å²) < 4.78 is 0.951. The molecular weight excluding hydrogens is 314 g/mol. The summed E-state index contributed by atoms with van der Waals surface area (Å²) in [6, 6.07) is 3.71. The first-order valence-electron chi connectivity index (χ1n) is 2.30. The van der Waals surface area contributed by atoms with Crippen molar-refractivity contribution >= 4 is 32.6 Å². The standard InChI is InChI=1S/C5H4NO.Hg.Na/c7-5-3-1-2-4-6-5;;/h1-2,4H,(H,6,7);;. The summed E-state index contributed by atoms with van der Waals surface area (Å²) in [6.07, 6.45) is 1.65. The molecule has 0 aromatic carbocycles.